The highest BCUT2D eigenvalue weighted by Gasteiger charge is 2.12. The summed E-state index contributed by atoms with van der Waals surface area (Å²) in [7, 11) is 1.33. The molecular formula is C6H12ClNO2. The van der Waals surface area contributed by atoms with Gasteiger partial charge in [0.2, 0.25) is 0 Å². The van der Waals surface area contributed by atoms with Crippen LogP contribution in [0.25, 0.3) is 0 Å². The van der Waals surface area contributed by atoms with Crippen molar-refractivity contribution in [3.63, 3.8) is 0 Å². The standard InChI is InChI=1S/C6H11NO2.ClH/c1-3-5(4-7)6(8)9-2;/h4-5,7H,3H2,1-2H3;1H/t5-;/m1./s1. The van der Waals surface area contributed by atoms with Crippen LogP contribution in [0.3, 0.4) is 0 Å². The predicted molar refractivity (Wildman–Crippen MR) is 41.8 cm³/mol. The highest BCUT2D eigenvalue weighted by Crippen LogP contribution is 1.99. The maximum atomic E-state index is 10.6. The van der Waals surface area contributed by atoms with E-state index in [4.69, 9.17) is 5.41 Å². The van der Waals surface area contributed by atoms with Gasteiger partial charge in [-0.05, 0) is 6.42 Å². The van der Waals surface area contributed by atoms with Crippen molar-refractivity contribution < 1.29 is 9.53 Å². The second kappa shape index (κ2) is 6.55. The third-order valence-electron chi connectivity index (χ3n) is 1.14. The van der Waals surface area contributed by atoms with Gasteiger partial charge in [0.05, 0.1) is 13.0 Å². The molecule has 0 saturated carbocycles. The van der Waals surface area contributed by atoms with E-state index in [0.29, 0.717) is 6.42 Å². The number of esters is 1. The fraction of sp³-hybridized carbons (Fsp3) is 0.667. The van der Waals surface area contributed by atoms with E-state index in [2.05, 4.69) is 4.74 Å². The van der Waals surface area contributed by atoms with Crippen molar-refractivity contribution in [2.45, 2.75) is 13.3 Å². The molecule has 0 radical (unpaired) electrons. The molecule has 0 rings (SSSR count). The van der Waals surface area contributed by atoms with Gasteiger partial charge in [0.15, 0.2) is 0 Å². The Morgan fingerprint density at radius 1 is 1.80 bits per heavy atom. The lowest BCUT2D eigenvalue weighted by molar-refractivity contribution is -0.142. The molecule has 0 fully saturated rings. The number of nitrogens with one attached hydrogen (secondary N) is 1. The Kier molecular flexibility index (Phi) is 7.95. The molecule has 10 heavy (non-hydrogen) atoms. The first-order valence-electron chi connectivity index (χ1n) is 2.84. The molecule has 0 unspecified atom stereocenters. The second-order valence-corrected chi connectivity index (χ2v) is 1.70. The summed E-state index contributed by atoms with van der Waals surface area (Å²) < 4.78 is 4.40. The number of halogens is 1. The molecule has 0 saturated heterocycles. The van der Waals surface area contributed by atoms with Crippen molar-refractivity contribution in [2.75, 3.05) is 7.11 Å². The average Bonchev–Trinajstić information content (AvgIpc) is 1.90. The molecule has 0 aliphatic rings. The molecule has 0 aliphatic carbocycles. The maximum Gasteiger partial charge on any atom is 0.314 e. The minimum absolute atomic E-state index is 0. The number of hydrogen-bond donors (Lipinski definition) is 1. The quantitative estimate of drug-likeness (QED) is 0.506. The molecule has 0 aromatic rings. The average molecular weight is 166 g/mol. The summed E-state index contributed by atoms with van der Waals surface area (Å²) in [6.45, 7) is 1.84. The fourth-order valence-electron chi connectivity index (χ4n) is 0.504. The van der Waals surface area contributed by atoms with Crippen molar-refractivity contribution in [3.05, 3.63) is 0 Å². The van der Waals surface area contributed by atoms with E-state index in [0.717, 1.165) is 6.21 Å². The molecule has 0 aromatic carbocycles. The van der Waals surface area contributed by atoms with E-state index in [9.17, 15) is 4.79 Å². The van der Waals surface area contributed by atoms with Crippen LogP contribution in [0, 0.1) is 11.3 Å². The fourth-order valence-corrected chi connectivity index (χ4v) is 0.504. The number of methoxy groups -OCH3 is 1. The highest BCUT2D eigenvalue weighted by molar-refractivity contribution is 5.88. The van der Waals surface area contributed by atoms with Gasteiger partial charge in [-0.25, -0.2) is 0 Å². The summed E-state index contributed by atoms with van der Waals surface area (Å²) in [5.41, 5.74) is 0. The monoisotopic (exact) mass is 165 g/mol. The molecular weight excluding hydrogens is 154 g/mol. The topological polar surface area (TPSA) is 50.2 Å². The van der Waals surface area contributed by atoms with Crippen LogP contribution in [0.1, 0.15) is 13.3 Å². The van der Waals surface area contributed by atoms with Crippen molar-refractivity contribution in [1.29, 1.82) is 5.41 Å². The van der Waals surface area contributed by atoms with Gasteiger partial charge in [0.1, 0.15) is 0 Å². The third-order valence-corrected chi connectivity index (χ3v) is 1.14. The molecule has 60 valence electrons. The maximum absolute atomic E-state index is 10.6. The van der Waals surface area contributed by atoms with Crippen molar-refractivity contribution in [2.24, 2.45) is 5.92 Å². The van der Waals surface area contributed by atoms with Crippen LogP contribution in [-0.2, 0) is 9.53 Å². The Balaban J connectivity index is 0. The third kappa shape index (κ3) is 3.45. The zero-order valence-electron chi connectivity index (χ0n) is 6.09. The van der Waals surface area contributed by atoms with Gasteiger partial charge in [-0.3, -0.25) is 4.79 Å². The van der Waals surface area contributed by atoms with Crippen LogP contribution in [0.15, 0.2) is 0 Å². The number of hydrogen-bond acceptors (Lipinski definition) is 3. The van der Waals surface area contributed by atoms with E-state index in [1.54, 1.807) is 0 Å². The van der Waals surface area contributed by atoms with E-state index < -0.39 is 0 Å². The molecule has 0 heterocycles. The number of ether oxygens (including phenoxy) is 1. The zero-order chi connectivity index (χ0) is 7.28. The van der Waals surface area contributed by atoms with Crippen LogP contribution in [-0.4, -0.2) is 19.3 Å². The molecule has 0 spiro atoms. The number of carbonyl (C=O) groups is 1. The molecule has 1 N–H and O–H groups in total. The van der Waals surface area contributed by atoms with Crippen molar-refractivity contribution in [1.82, 2.24) is 0 Å². The van der Waals surface area contributed by atoms with Gasteiger partial charge >= 0.3 is 5.97 Å². The summed E-state index contributed by atoms with van der Waals surface area (Å²) in [6.07, 6.45) is 1.74. The van der Waals surface area contributed by atoms with E-state index >= 15 is 0 Å². The summed E-state index contributed by atoms with van der Waals surface area (Å²) in [5, 5.41) is 6.77. The Morgan fingerprint density at radius 2 is 2.30 bits per heavy atom. The van der Waals surface area contributed by atoms with Crippen molar-refractivity contribution >= 4 is 24.6 Å². The van der Waals surface area contributed by atoms with Crippen LogP contribution < -0.4 is 0 Å². The minimum Gasteiger partial charge on any atom is -0.469 e. The van der Waals surface area contributed by atoms with Gasteiger partial charge < -0.3 is 10.1 Å². The van der Waals surface area contributed by atoms with E-state index in [-0.39, 0.29) is 24.3 Å². The van der Waals surface area contributed by atoms with Gasteiger partial charge in [-0.1, -0.05) is 6.92 Å². The molecule has 0 aliphatic heterocycles. The number of rotatable bonds is 3. The van der Waals surface area contributed by atoms with Crippen molar-refractivity contribution in [3.8, 4) is 0 Å². The first kappa shape index (κ1) is 12.1. The van der Waals surface area contributed by atoms with Crippen LogP contribution >= 0.6 is 12.4 Å². The molecule has 3 nitrogen and oxygen atoms in total. The molecule has 0 amide bonds. The lowest BCUT2D eigenvalue weighted by Gasteiger charge is -2.03. The molecule has 1 atom stereocenters. The highest BCUT2D eigenvalue weighted by atomic mass is 35.5. The predicted octanol–water partition coefficient (Wildman–Crippen LogP) is 1.26. The molecule has 0 bridgehead atoms. The summed E-state index contributed by atoms with van der Waals surface area (Å²) >= 11 is 0. The van der Waals surface area contributed by atoms with Gasteiger partial charge in [0, 0.05) is 6.21 Å². The number of carbonyl (C=O) groups excluding carboxylic acids is 1. The first-order valence-corrected chi connectivity index (χ1v) is 2.84. The Hall–Kier alpha value is -0.570. The second-order valence-electron chi connectivity index (χ2n) is 1.70. The molecule has 4 heteroatoms. The lowest BCUT2D eigenvalue weighted by Crippen LogP contribution is -2.15. The molecule has 0 aromatic heterocycles. The largest absolute Gasteiger partial charge is 0.469 e. The Bertz CT molecular complexity index is 116. The van der Waals surface area contributed by atoms with E-state index in [1.807, 2.05) is 6.92 Å². The van der Waals surface area contributed by atoms with Gasteiger partial charge in [-0.15, -0.1) is 12.4 Å². The minimum atomic E-state index is -0.352. The van der Waals surface area contributed by atoms with Gasteiger partial charge in [-0.2, -0.15) is 0 Å². The van der Waals surface area contributed by atoms with Crippen LogP contribution in [0.2, 0.25) is 0 Å². The van der Waals surface area contributed by atoms with Crippen LogP contribution in [0.4, 0.5) is 0 Å². The lowest BCUT2D eigenvalue weighted by atomic mass is 10.1. The zero-order valence-corrected chi connectivity index (χ0v) is 6.90. The SMILES string of the molecule is CC[C@H](C=N)C(=O)OC.Cl. The summed E-state index contributed by atoms with van der Waals surface area (Å²) in [5.74, 6) is -0.678. The van der Waals surface area contributed by atoms with Gasteiger partial charge in [0.25, 0.3) is 0 Å². The normalized spacial score (nSPS) is 11.0. The summed E-state index contributed by atoms with van der Waals surface area (Å²) in [6, 6.07) is 0. The van der Waals surface area contributed by atoms with E-state index in [1.165, 1.54) is 7.11 Å². The first-order chi connectivity index (χ1) is 4.26. The summed E-state index contributed by atoms with van der Waals surface area (Å²) in [4.78, 5) is 10.6. The Labute approximate surface area is 66.7 Å². The van der Waals surface area contributed by atoms with Crippen LogP contribution in [0.5, 0.6) is 0 Å². The Morgan fingerprint density at radius 3 is 2.40 bits per heavy atom. The smallest absolute Gasteiger partial charge is 0.314 e.